The van der Waals surface area contributed by atoms with Crippen LogP contribution in [0.2, 0.25) is 0 Å². The number of likely N-dealkylation sites (N-methyl/N-ethyl adjacent to an activating group) is 1. The predicted octanol–water partition coefficient (Wildman–Crippen LogP) is 0.976. The lowest BCUT2D eigenvalue weighted by Crippen LogP contribution is -2.31. The lowest BCUT2D eigenvalue weighted by molar-refractivity contribution is 0.412. The molecule has 2 rings (SSSR count). The van der Waals surface area contributed by atoms with Crippen LogP contribution in [0.3, 0.4) is 0 Å². The topological polar surface area (TPSA) is 75.4 Å². The van der Waals surface area contributed by atoms with Gasteiger partial charge < -0.3 is 9.32 Å². The van der Waals surface area contributed by atoms with E-state index < -0.39 is 10.0 Å². The second kappa shape index (κ2) is 5.28. The highest BCUT2D eigenvalue weighted by Gasteiger charge is 2.15. The summed E-state index contributed by atoms with van der Waals surface area (Å²) in [5.74, 6) is 0.519. The molecule has 0 aliphatic rings. The molecule has 0 fully saturated rings. The minimum absolute atomic E-state index is 0.201. The Bertz CT molecular complexity index is 677. The molecule has 104 valence electrons. The first kappa shape index (κ1) is 14.0. The maximum atomic E-state index is 12.1. The lowest BCUT2D eigenvalue weighted by atomic mass is 10.3. The normalized spacial score (nSPS) is 12.4. The molecule has 0 aliphatic heterocycles. The number of sulfonamides is 1. The Morgan fingerprint density at radius 3 is 2.79 bits per heavy atom. The van der Waals surface area contributed by atoms with Crippen LogP contribution >= 0.6 is 0 Å². The molecule has 19 heavy (non-hydrogen) atoms. The zero-order chi connectivity index (χ0) is 14.0. The van der Waals surface area contributed by atoms with Gasteiger partial charge in [-0.05, 0) is 32.3 Å². The van der Waals surface area contributed by atoms with Gasteiger partial charge in [-0.15, -0.1) is 0 Å². The monoisotopic (exact) mass is 283 g/mol. The fourth-order valence-corrected chi connectivity index (χ4v) is 2.72. The molecule has 0 radical (unpaired) electrons. The average molecular weight is 283 g/mol. The van der Waals surface area contributed by atoms with Crippen molar-refractivity contribution < 1.29 is 12.8 Å². The van der Waals surface area contributed by atoms with Gasteiger partial charge in [0.2, 0.25) is 10.0 Å². The van der Waals surface area contributed by atoms with Gasteiger partial charge in [-0.1, -0.05) is 0 Å². The third-order valence-electron chi connectivity index (χ3n) is 2.63. The van der Waals surface area contributed by atoms with Crippen LogP contribution in [0.5, 0.6) is 0 Å². The summed E-state index contributed by atoms with van der Waals surface area (Å²) in [5.41, 5.74) is 1.14. The van der Waals surface area contributed by atoms with Gasteiger partial charge in [0.15, 0.2) is 11.5 Å². The van der Waals surface area contributed by atoms with E-state index in [0.717, 1.165) is 0 Å². The number of nitrogens with zero attached hydrogens (tertiary/aromatic N) is 2. The van der Waals surface area contributed by atoms with Crippen LogP contribution in [0.25, 0.3) is 11.1 Å². The van der Waals surface area contributed by atoms with E-state index in [-0.39, 0.29) is 4.90 Å². The highest BCUT2D eigenvalue weighted by molar-refractivity contribution is 7.89. The van der Waals surface area contributed by atoms with Gasteiger partial charge in [0.1, 0.15) is 5.52 Å². The summed E-state index contributed by atoms with van der Waals surface area (Å²) < 4.78 is 32.0. The van der Waals surface area contributed by atoms with Gasteiger partial charge in [-0.25, -0.2) is 18.1 Å². The van der Waals surface area contributed by atoms with Crippen molar-refractivity contribution in [3.63, 3.8) is 0 Å². The van der Waals surface area contributed by atoms with Crippen LogP contribution in [0.1, 0.15) is 5.89 Å². The summed E-state index contributed by atoms with van der Waals surface area (Å²) in [6, 6.07) is 4.66. The molecule has 0 spiro atoms. The van der Waals surface area contributed by atoms with Crippen LogP contribution in [0, 0.1) is 6.92 Å². The van der Waals surface area contributed by atoms with E-state index in [0.29, 0.717) is 30.1 Å². The Labute approximate surface area is 112 Å². The first-order chi connectivity index (χ1) is 8.88. The summed E-state index contributed by atoms with van der Waals surface area (Å²) in [6.45, 7) is 2.74. The summed E-state index contributed by atoms with van der Waals surface area (Å²) in [7, 11) is 0.278. The van der Waals surface area contributed by atoms with Crippen molar-refractivity contribution in [2.24, 2.45) is 0 Å². The first-order valence-electron chi connectivity index (χ1n) is 5.90. The molecule has 1 aromatic carbocycles. The molecule has 1 heterocycles. The number of aryl methyl sites for hydroxylation is 1. The molecule has 1 aromatic heterocycles. The van der Waals surface area contributed by atoms with Crippen molar-refractivity contribution in [3.05, 3.63) is 24.1 Å². The van der Waals surface area contributed by atoms with Crippen molar-refractivity contribution in [3.8, 4) is 0 Å². The van der Waals surface area contributed by atoms with E-state index in [1.165, 1.54) is 12.1 Å². The number of oxazole rings is 1. The molecule has 0 atom stereocenters. The largest absolute Gasteiger partial charge is 0.441 e. The maximum absolute atomic E-state index is 12.1. The van der Waals surface area contributed by atoms with Gasteiger partial charge in [0, 0.05) is 20.0 Å². The zero-order valence-electron chi connectivity index (χ0n) is 11.2. The van der Waals surface area contributed by atoms with E-state index in [1.54, 1.807) is 13.0 Å². The van der Waals surface area contributed by atoms with Crippen LogP contribution in [-0.2, 0) is 10.0 Å². The summed E-state index contributed by atoms with van der Waals surface area (Å²) >= 11 is 0. The molecule has 0 bridgehead atoms. The summed E-state index contributed by atoms with van der Waals surface area (Å²) in [6.07, 6.45) is 0. The smallest absolute Gasteiger partial charge is 0.240 e. The van der Waals surface area contributed by atoms with Gasteiger partial charge in [-0.2, -0.15) is 0 Å². The fraction of sp³-hybridized carbons (Fsp3) is 0.417. The quantitative estimate of drug-likeness (QED) is 0.885. The van der Waals surface area contributed by atoms with E-state index in [9.17, 15) is 8.42 Å². The Kier molecular flexibility index (Phi) is 3.88. The number of hydrogen-bond acceptors (Lipinski definition) is 5. The molecular formula is C12H17N3O3S. The Hall–Kier alpha value is -1.44. The average Bonchev–Trinajstić information content (AvgIpc) is 2.67. The summed E-state index contributed by atoms with van der Waals surface area (Å²) in [4.78, 5) is 6.24. The molecular weight excluding hydrogens is 266 g/mol. The van der Waals surface area contributed by atoms with Crippen LogP contribution in [-0.4, -0.2) is 45.5 Å². The number of aromatic nitrogens is 1. The van der Waals surface area contributed by atoms with Crippen LogP contribution in [0.15, 0.2) is 27.5 Å². The molecule has 0 saturated heterocycles. The van der Waals surface area contributed by atoms with Gasteiger partial charge in [0.25, 0.3) is 0 Å². The number of nitrogens with one attached hydrogen (secondary N) is 1. The van der Waals surface area contributed by atoms with Crippen molar-refractivity contribution in [1.29, 1.82) is 0 Å². The second-order valence-corrected chi connectivity index (χ2v) is 6.33. The molecule has 0 amide bonds. The number of rotatable bonds is 5. The molecule has 6 nitrogen and oxygen atoms in total. The fourth-order valence-electron chi connectivity index (χ4n) is 1.68. The molecule has 0 aliphatic carbocycles. The number of hydrogen-bond donors (Lipinski definition) is 1. The van der Waals surface area contributed by atoms with Gasteiger partial charge in [0.05, 0.1) is 4.90 Å². The maximum Gasteiger partial charge on any atom is 0.240 e. The lowest BCUT2D eigenvalue weighted by Gasteiger charge is -2.10. The van der Waals surface area contributed by atoms with Gasteiger partial charge in [-0.3, -0.25) is 0 Å². The zero-order valence-corrected chi connectivity index (χ0v) is 12.0. The molecule has 1 N–H and O–H groups in total. The third-order valence-corrected chi connectivity index (χ3v) is 4.09. The second-order valence-electron chi connectivity index (χ2n) is 4.56. The van der Waals surface area contributed by atoms with Gasteiger partial charge >= 0.3 is 0 Å². The molecule has 0 unspecified atom stereocenters. The molecule has 0 saturated carbocycles. The van der Waals surface area contributed by atoms with E-state index in [4.69, 9.17) is 4.42 Å². The molecule has 7 heteroatoms. The van der Waals surface area contributed by atoms with Crippen LogP contribution in [0.4, 0.5) is 0 Å². The summed E-state index contributed by atoms with van der Waals surface area (Å²) in [5, 5.41) is 0. The molecule has 2 aromatic rings. The van der Waals surface area contributed by atoms with E-state index in [2.05, 4.69) is 9.71 Å². The Morgan fingerprint density at radius 2 is 2.11 bits per heavy atom. The highest BCUT2D eigenvalue weighted by atomic mass is 32.2. The SMILES string of the molecule is Cc1nc2cc(S(=O)(=O)NCCN(C)C)ccc2o1. The third kappa shape index (κ3) is 3.31. The Balaban J connectivity index is 2.22. The van der Waals surface area contributed by atoms with Crippen molar-refractivity contribution >= 4 is 21.1 Å². The standard InChI is InChI=1S/C12H17N3O3S/c1-9-14-11-8-10(4-5-12(11)18-9)19(16,17)13-6-7-15(2)3/h4-5,8,13H,6-7H2,1-3H3. The minimum Gasteiger partial charge on any atom is -0.441 e. The van der Waals surface area contributed by atoms with Crippen LogP contribution < -0.4 is 4.72 Å². The van der Waals surface area contributed by atoms with Crippen molar-refractivity contribution in [2.75, 3.05) is 27.2 Å². The van der Waals surface area contributed by atoms with Crippen molar-refractivity contribution in [1.82, 2.24) is 14.6 Å². The number of benzene rings is 1. The van der Waals surface area contributed by atoms with Crippen molar-refractivity contribution in [2.45, 2.75) is 11.8 Å². The predicted molar refractivity (Wildman–Crippen MR) is 72.5 cm³/mol. The minimum atomic E-state index is -3.50. The Morgan fingerprint density at radius 1 is 1.37 bits per heavy atom. The first-order valence-corrected chi connectivity index (χ1v) is 7.38. The number of fused-ring (bicyclic) bond motifs is 1. The highest BCUT2D eigenvalue weighted by Crippen LogP contribution is 2.19. The van der Waals surface area contributed by atoms with E-state index in [1.807, 2.05) is 19.0 Å². The van der Waals surface area contributed by atoms with E-state index >= 15 is 0 Å².